The second kappa shape index (κ2) is 4.75. The highest BCUT2D eigenvalue weighted by molar-refractivity contribution is 7.92. The molecule has 0 unspecified atom stereocenters. The zero-order valence-corrected chi connectivity index (χ0v) is 10.4. The summed E-state index contributed by atoms with van der Waals surface area (Å²) in [6.45, 7) is -0.222. The fraction of sp³-hybridized carbons (Fsp3) is 0.200. The quantitative estimate of drug-likeness (QED) is 0.820. The molecule has 0 saturated heterocycles. The van der Waals surface area contributed by atoms with Crippen LogP contribution in [0.15, 0.2) is 35.9 Å². The average Bonchev–Trinajstić information content (AvgIpc) is 2.72. The molecule has 2 rings (SSSR count). The number of nitrogens with one attached hydrogen (secondary N) is 1. The molecule has 0 radical (unpaired) electrons. The molecule has 18 heavy (non-hydrogen) atoms. The molecule has 2 heterocycles. The summed E-state index contributed by atoms with van der Waals surface area (Å²) in [5, 5.41) is 9.03. The van der Waals surface area contributed by atoms with Gasteiger partial charge in [0.05, 0.1) is 24.7 Å². The molecular formula is C10H12N4O3S. The van der Waals surface area contributed by atoms with E-state index in [-0.39, 0.29) is 17.2 Å². The number of aryl methyl sites for hydroxylation is 1. The largest absolute Gasteiger partial charge is 0.390 e. The third-order valence-corrected chi connectivity index (χ3v) is 3.72. The van der Waals surface area contributed by atoms with Gasteiger partial charge in [-0.15, -0.1) is 0 Å². The van der Waals surface area contributed by atoms with Crippen molar-refractivity contribution in [1.29, 1.82) is 0 Å². The number of aliphatic hydroxyl groups is 1. The van der Waals surface area contributed by atoms with Crippen molar-refractivity contribution in [2.45, 2.75) is 11.5 Å². The van der Waals surface area contributed by atoms with E-state index in [2.05, 4.69) is 14.7 Å². The smallest absolute Gasteiger partial charge is 0.263 e. The van der Waals surface area contributed by atoms with Gasteiger partial charge in [0.15, 0.2) is 0 Å². The standard InChI is InChI=1S/C10H12N4O3S/c1-14-5-10(2-9(14)6-15)18(16,17)13-8-3-11-7-12-4-8/h2-5,7,13,15H,6H2,1H3. The van der Waals surface area contributed by atoms with E-state index in [1.807, 2.05) is 0 Å². The monoisotopic (exact) mass is 268 g/mol. The summed E-state index contributed by atoms with van der Waals surface area (Å²) in [4.78, 5) is 7.52. The number of nitrogens with zero attached hydrogens (tertiary/aromatic N) is 3. The van der Waals surface area contributed by atoms with Crippen molar-refractivity contribution in [3.05, 3.63) is 36.7 Å². The predicted molar refractivity (Wildman–Crippen MR) is 64.2 cm³/mol. The van der Waals surface area contributed by atoms with Crippen LogP contribution in [-0.4, -0.2) is 28.1 Å². The zero-order chi connectivity index (χ0) is 13.2. The Kier molecular flexibility index (Phi) is 3.30. The number of sulfonamides is 1. The molecule has 0 atom stereocenters. The highest BCUT2D eigenvalue weighted by Crippen LogP contribution is 2.17. The first-order valence-electron chi connectivity index (χ1n) is 5.07. The number of aromatic nitrogens is 3. The molecule has 0 saturated carbocycles. The summed E-state index contributed by atoms with van der Waals surface area (Å²) >= 11 is 0. The summed E-state index contributed by atoms with van der Waals surface area (Å²) < 4.78 is 27.9. The summed E-state index contributed by atoms with van der Waals surface area (Å²) in [5.74, 6) is 0. The first-order valence-corrected chi connectivity index (χ1v) is 6.55. The average molecular weight is 268 g/mol. The fourth-order valence-electron chi connectivity index (χ4n) is 1.45. The molecule has 2 aromatic rings. The highest BCUT2D eigenvalue weighted by atomic mass is 32.2. The van der Waals surface area contributed by atoms with Crippen LogP contribution in [0.25, 0.3) is 0 Å². The van der Waals surface area contributed by atoms with E-state index in [4.69, 9.17) is 5.11 Å². The van der Waals surface area contributed by atoms with Gasteiger partial charge in [-0.2, -0.15) is 0 Å². The van der Waals surface area contributed by atoms with E-state index >= 15 is 0 Å². The van der Waals surface area contributed by atoms with Gasteiger partial charge in [-0.1, -0.05) is 0 Å². The maximum atomic E-state index is 12.0. The van der Waals surface area contributed by atoms with Gasteiger partial charge < -0.3 is 9.67 Å². The molecule has 2 N–H and O–H groups in total. The third-order valence-electron chi connectivity index (χ3n) is 2.37. The van der Waals surface area contributed by atoms with Gasteiger partial charge in [0, 0.05) is 18.9 Å². The van der Waals surface area contributed by atoms with Gasteiger partial charge in [0.25, 0.3) is 10.0 Å². The molecule has 0 fully saturated rings. The third kappa shape index (κ3) is 2.49. The van der Waals surface area contributed by atoms with E-state index in [1.54, 1.807) is 11.6 Å². The molecule has 96 valence electrons. The Morgan fingerprint density at radius 2 is 2.06 bits per heavy atom. The minimum Gasteiger partial charge on any atom is -0.390 e. The second-order valence-corrected chi connectivity index (χ2v) is 5.35. The summed E-state index contributed by atoms with van der Waals surface area (Å²) in [7, 11) is -2.02. The lowest BCUT2D eigenvalue weighted by Crippen LogP contribution is -2.12. The molecule has 0 aliphatic heterocycles. The van der Waals surface area contributed by atoms with Crippen LogP contribution in [0.5, 0.6) is 0 Å². The molecule has 7 nitrogen and oxygen atoms in total. The van der Waals surface area contributed by atoms with Crippen LogP contribution in [0.2, 0.25) is 0 Å². The van der Waals surface area contributed by atoms with Crippen molar-refractivity contribution in [2.24, 2.45) is 7.05 Å². The molecule has 0 aliphatic carbocycles. The van der Waals surface area contributed by atoms with E-state index in [9.17, 15) is 8.42 Å². The SMILES string of the molecule is Cn1cc(S(=O)(=O)Nc2cncnc2)cc1CO. The van der Waals surface area contributed by atoms with Crippen molar-refractivity contribution < 1.29 is 13.5 Å². The van der Waals surface area contributed by atoms with Gasteiger partial charge in [-0.25, -0.2) is 18.4 Å². The van der Waals surface area contributed by atoms with Crippen LogP contribution >= 0.6 is 0 Å². The number of anilines is 1. The Morgan fingerprint density at radius 1 is 1.39 bits per heavy atom. The first-order chi connectivity index (χ1) is 8.53. The molecule has 0 aromatic carbocycles. The van der Waals surface area contributed by atoms with Crippen molar-refractivity contribution in [2.75, 3.05) is 4.72 Å². The Hall–Kier alpha value is -1.93. The summed E-state index contributed by atoms with van der Waals surface area (Å²) in [5.41, 5.74) is 0.798. The maximum Gasteiger partial charge on any atom is 0.263 e. The minimum atomic E-state index is -3.69. The Morgan fingerprint density at radius 3 is 2.61 bits per heavy atom. The van der Waals surface area contributed by atoms with Crippen LogP contribution in [0.3, 0.4) is 0 Å². The van der Waals surface area contributed by atoms with Crippen molar-refractivity contribution >= 4 is 15.7 Å². The predicted octanol–water partition coefficient (Wildman–Crippen LogP) is 0.108. The van der Waals surface area contributed by atoms with Crippen molar-refractivity contribution in [3.63, 3.8) is 0 Å². The van der Waals surface area contributed by atoms with Gasteiger partial charge in [-0.3, -0.25) is 4.72 Å². The van der Waals surface area contributed by atoms with Crippen molar-refractivity contribution in [1.82, 2.24) is 14.5 Å². The lowest BCUT2D eigenvalue weighted by Gasteiger charge is -2.04. The maximum absolute atomic E-state index is 12.0. The number of rotatable bonds is 4. The van der Waals surface area contributed by atoms with Crippen LogP contribution in [0, 0.1) is 0 Å². The lowest BCUT2D eigenvalue weighted by atomic mass is 10.5. The van der Waals surface area contributed by atoms with Gasteiger partial charge in [-0.05, 0) is 6.07 Å². The van der Waals surface area contributed by atoms with E-state index in [0.29, 0.717) is 5.69 Å². The fourth-order valence-corrected chi connectivity index (χ4v) is 2.57. The molecule has 2 aromatic heterocycles. The molecular weight excluding hydrogens is 256 g/mol. The van der Waals surface area contributed by atoms with Crippen LogP contribution in [0.4, 0.5) is 5.69 Å². The van der Waals surface area contributed by atoms with Gasteiger partial charge >= 0.3 is 0 Å². The minimum absolute atomic E-state index is 0.0814. The number of aliphatic hydroxyl groups excluding tert-OH is 1. The molecule has 0 bridgehead atoms. The Balaban J connectivity index is 2.31. The summed E-state index contributed by atoms with van der Waals surface area (Å²) in [6, 6.07) is 1.41. The highest BCUT2D eigenvalue weighted by Gasteiger charge is 2.17. The zero-order valence-electron chi connectivity index (χ0n) is 9.61. The first kappa shape index (κ1) is 12.5. The van der Waals surface area contributed by atoms with E-state index in [1.165, 1.54) is 31.0 Å². The Bertz CT molecular complexity index is 636. The van der Waals surface area contributed by atoms with E-state index in [0.717, 1.165) is 0 Å². The second-order valence-electron chi connectivity index (χ2n) is 3.67. The summed E-state index contributed by atoms with van der Waals surface area (Å²) in [6.07, 6.45) is 5.46. The van der Waals surface area contributed by atoms with Crippen LogP contribution in [0.1, 0.15) is 5.69 Å². The van der Waals surface area contributed by atoms with Crippen molar-refractivity contribution in [3.8, 4) is 0 Å². The Labute approximate surface area is 104 Å². The molecule has 0 aliphatic rings. The van der Waals surface area contributed by atoms with Gasteiger partial charge in [0.1, 0.15) is 11.2 Å². The van der Waals surface area contributed by atoms with Crippen LogP contribution in [-0.2, 0) is 23.7 Å². The topological polar surface area (TPSA) is 97.1 Å². The normalized spacial score (nSPS) is 11.4. The number of hydrogen-bond acceptors (Lipinski definition) is 5. The molecule has 8 heteroatoms. The van der Waals surface area contributed by atoms with Crippen LogP contribution < -0.4 is 4.72 Å². The molecule has 0 spiro atoms. The van der Waals surface area contributed by atoms with Gasteiger partial charge in [0.2, 0.25) is 0 Å². The lowest BCUT2D eigenvalue weighted by molar-refractivity contribution is 0.272. The van der Waals surface area contributed by atoms with E-state index < -0.39 is 10.0 Å². The molecule has 0 amide bonds. The number of hydrogen-bond donors (Lipinski definition) is 2.